The molecule has 1 aromatic carbocycles. The van der Waals surface area contributed by atoms with Crippen LogP contribution in [0.3, 0.4) is 0 Å². The summed E-state index contributed by atoms with van der Waals surface area (Å²) in [6.07, 6.45) is -0.599. The molecule has 0 atom stereocenters. The molecule has 0 bridgehead atoms. The highest BCUT2D eigenvalue weighted by atomic mass is 19.4. The Kier molecular flexibility index (Phi) is 4.32. The van der Waals surface area contributed by atoms with Crippen molar-refractivity contribution in [3.63, 3.8) is 0 Å². The molecule has 0 radical (unpaired) electrons. The van der Waals surface area contributed by atoms with E-state index in [0.29, 0.717) is 6.42 Å². The van der Waals surface area contributed by atoms with Gasteiger partial charge in [-0.05, 0) is 61.0 Å². The van der Waals surface area contributed by atoms with Gasteiger partial charge in [-0.25, -0.2) is 0 Å². The molecule has 0 unspecified atom stereocenters. The summed E-state index contributed by atoms with van der Waals surface area (Å²) in [5, 5.41) is 0. The molecule has 3 nitrogen and oxygen atoms in total. The highest BCUT2D eigenvalue weighted by Gasteiger charge is 2.32. The molecule has 0 N–H and O–H groups in total. The van der Waals surface area contributed by atoms with Crippen molar-refractivity contribution in [2.45, 2.75) is 12.8 Å². The third-order valence-electron chi connectivity index (χ3n) is 3.79. The standard InChI is InChI=1S/C18H17F3N2O/c1-23(2)11-14-8-13-9-15(24-18(19,20)21)5-6-16(13)17(14)12-4-3-7-22-10-12/h3-7,9-10H,8,11H2,1-2H3. The number of likely N-dealkylation sites (N-methyl/N-ethyl adjacent to an activating group) is 1. The Bertz CT molecular complexity index is 768. The molecule has 1 aliphatic carbocycles. The molecule has 0 saturated carbocycles. The first kappa shape index (κ1) is 16.5. The normalized spacial score (nSPS) is 14.2. The van der Waals surface area contributed by atoms with Gasteiger partial charge in [0.15, 0.2) is 0 Å². The van der Waals surface area contributed by atoms with Gasteiger partial charge in [0.1, 0.15) is 5.75 Å². The maximum Gasteiger partial charge on any atom is 0.573 e. The van der Waals surface area contributed by atoms with Crippen molar-refractivity contribution in [2.75, 3.05) is 20.6 Å². The number of benzene rings is 1. The van der Waals surface area contributed by atoms with E-state index in [2.05, 4.69) is 9.72 Å². The summed E-state index contributed by atoms with van der Waals surface area (Å²) < 4.78 is 41.4. The van der Waals surface area contributed by atoms with Crippen molar-refractivity contribution in [1.29, 1.82) is 0 Å². The molecule has 2 aromatic rings. The van der Waals surface area contributed by atoms with E-state index in [4.69, 9.17) is 0 Å². The Morgan fingerprint density at radius 2 is 2.00 bits per heavy atom. The summed E-state index contributed by atoms with van der Waals surface area (Å²) in [4.78, 5) is 6.21. The predicted molar refractivity (Wildman–Crippen MR) is 85.6 cm³/mol. The van der Waals surface area contributed by atoms with Crippen molar-refractivity contribution < 1.29 is 17.9 Å². The van der Waals surface area contributed by atoms with Crippen LogP contribution in [0.1, 0.15) is 16.7 Å². The third kappa shape index (κ3) is 3.59. The van der Waals surface area contributed by atoms with Crippen LogP contribution in [0.25, 0.3) is 5.57 Å². The molecule has 1 heterocycles. The van der Waals surface area contributed by atoms with Crippen LogP contribution in [0.15, 0.2) is 48.3 Å². The summed E-state index contributed by atoms with van der Waals surface area (Å²) >= 11 is 0. The van der Waals surface area contributed by atoms with Crippen LogP contribution in [-0.2, 0) is 6.42 Å². The van der Waals surface area contributed by atoms with Crippen molar-refractivity contribution in [1.82, 2.24) is 9.88 Å². The van der Waals surface area contributed by atoms with Gasteiger partial charge >= 0.3 is 6.36 Å². The van der Waals surface area contributed by atoms with E-state index in [-0.39, 0.29) is 5.75 Å². The van der Waals surface area contributed by atoms with Crippen LogP contribution >= 0.6 is 0 Å². The number of aromatic nitrogens is 1. The van der Waals surface area contributed by atoms with Gasteiger partial charge in [0.25, 0.3) is 0 Å². The van der Waals surface area contributed by atoms with Gasteiger partial charge in [0.2, 0.25) is 0 Å². The van der Waals surface area contributed by atoms with Crippen molar-refractivity contribution in [3.05, 3.63) is 65.0 Å². The maximum atomic E-state index is 12.4. The SMILES string of the molecule is CN(C)CC1=C(c2cccnc2)c2ccc(OC(F)(F)F)cc2C1. The Balaban J connectivity index is 2.01. The number of rotatable bonds is 4. The van der Waals surface area contributed by atoms with E-state index >= 15 is 0 Å². The number of fused-ring (bicyclic) bond motifs is 1. The first-order valence-corrected chi connectivity index (χ1v) is 7.49. The fraction of sp³-hybridized carbons (Fsp3) is 0.278. The molecule has 0 saturated heterocycles. The largest absolute Gasteiger partial charge is 0.573 e. The summed E-state index contributed by atoms with van der Waals surface area (Å²) in [6, 6.07) is 8.35. The third-order valence-corrected chi connectivity index (χ3v) is 3.79. The average molecular weight is 334 g/mol. The van der Waals surface area contributed by atoms with E-state index in [9.17, 15) is 13.2 Å². The molecule has 6 heteroatoms. The fourth-order valence-electron chi connectivity index (χ4n) is 3.05. The highest BCUT2D eigenvalue weighted by molar-refractivity contribution is 5.87. The molecule has 1 aromatic heterocycles. The molecule has 1 aliphatic rings. The minimum Gasteiger partial charge on any atom is -0.406 e. The van der Waals surface area contributed by atoms with Gasteiger partial charge < -0.3 is 9.64 Å². The minimum absolute atomic E-state index is 0.183. The van der Waals surface area contributed by atoms with Crippen LogP contribution in [0.5, 0.6) is 5.75 Å². The first-order chi connectivity index (χ1) is 11.3. The van der Waals surface area contributed by atoms with E-state index in [0.717, 1.165) is 34.4 Å². The smallest absolute Gasteiger partial charge is 0.406 e. The number of hydrogen-bond acceptors (Lipinski definition) is 3. The monoisotopic (exact) mass is 334 g/mol. The lowest BCUT2D eigenvalue weighted by atomic mass is 9.99. The molecule has 0 amide bonds. The van der Waals surface area contributed by atoms with Crippen molar-refractivity contribution in [2.24, 2.45) is 0 Å². The number of hydrogen-bond donors (Lipinski definition) is 0. The van der Waals surface area contributed by atoms with Crippen LogP contribution in [-0.4, -0.2) is 36.9 Å². The van der Waals surface area contributed by atoms with Crippen LogP contribution < -0.4 is 4.74 Å². The molecule has 0 fully saturated rings. The van der Waals surface area contributed by atoms with Gasteiger partial charge in [0, 0.05) is 24.5 Å². The Morgan fingerprint density at radius 1 is 1.21 bits per heavy atom. The van der Waals surface area contributed by atoms with E-state index in [1.807, 2.05) is 31.1 Å². The average Bonchev–Trinajstić information content (AvgIpc) is 2.82. The summed E-state index contributed by atoms with van der Waals surface area (Å²) in [7, 11) is 3.93. The summed E-state index contributed by atoms with van der Waals surface area (Å²) in [6.45, 7) is 0.731. The second-order valence-corrected chi connectivity index (χ2v) is 6.00. The predicted octanol–water partition coefficient (Wildman–Crippen LogP) is 3.90. The van der Waals surface area contributed by atoms with Crippen LogP contribution in [0, 0.1) is 0 Å². The van der Waals surface area contributed by atoms with E-state index in [1.165, 1.54) is 12.1 Å². The quantitative estimate of drug-likeness (QED) is 0.848. The fourth-order valence-corrected chi connectivity index (χ4v) is 3.05. The first-order valence-electron chi connectivity index (χ1n) is 7.49. The number of halogens is 3. The Labute approximate surface area is 138 Å². The topological polar surface area (TPSA) is 25.4 Å². The molecule has 24 heavy (non-hydrogen) atoms. The van der Waals surface area contributed by atoms with Crippen molar-refractivity contribution >= 4 is 5.57 Å². The lowest BCUT2D eigenvalue weighted by molar-refractivity contribution is -0.274. The van der Waals surface area contributed by atoms with Crippen molar-refractivity contribution in [3.8, 4) is 5.75 Å². The lowest BCUT2D eigenvalue weighted by Gasteiger charge is -2.13. The zero-order chi connectivity index (χ0) is 17.3. The number of pyridine rings is 1. The molecule has 0 spiro atoms. The second kappa shape index (κ2) is 6.28. The maximum absolute atomic E-state index is 12.4. The second-order valence-electron chi connectivity index (χ2n) is 6.00. The molecular weight excluding hydrogens is 317 g/mol. The molecule has 0 aliphatic heterocycles. The van der Waals surface area contributed by atoms with E-state index < -0.39 is 6.36 Å². The van der Waals surface area contributed by atoms with Gasteiger partial charge in [-0.3, -0.25) is 4.98 Å². The zero-order valence-electron chi connectivity index (χ0n) is 13.4. The summed E-state index contributed by atoms with van der Waals surface area (Å²) in [5.41, 5.74) is 4.96. The lowest BCUT2D eigenvalue weighted by Crippen LogP contribution is -2.17. The zero-order valence-corrected chi connectivity index (χ0v) is 13.4. The van der Waals surface area contributed by atoms with E-state index in [1.54, 1.807) is 18.5 Å². The van der Waals surface area contributed by atoms with Gasteiger partial charge in [-0.1, -0.05) is 12.1 Å². The van der Waals surface area contributed by atoms with Gasteiger partial charge in [0.05, 0.1) is 0 Å². The minimum atomic E-state index is -4.68. The van der Waals surface area contributed by atoms with Gasteiger partial charge in [-0.2, -0.15) is 0 Å². The number of nitrogens with zero attached hydrogens (tertiary/aromatic N) is 2. The molecular formula is C18H17F3N2O. The van der Waals surface area contributed by atoms with Gasteiger partial charge in [-0.15, -0.1) is 13.2 Å². The van der Waals surface area contributed by atoms with Crippen LogP contribution in [0.4, 0.5) is 13.2 Å². The summed E-state index contributed by atoms with van der Waals surface area (Å²) in [5.74, 6) is -0.183. The molecule has 3 rings (SSSR count). The Morgan fingerprint density at radius 3 is 2.62 bits per heavy atom. The Hall–Kier alpha value is -2.34. The highest BCUT2D eigenvalue weighted by Crippen LogP contribution is 2.39. The number of alkyl halides is 3. The number of ether oxygens (including phenoxy) is 1. The van der Waals surface area contributed by atoms with Crippen LogP contribution in [0.2, 0.25) is 0 Å². The molecule has 126 valence electrons.